The normalized spacial score (nSPS) is 20.6. The number of anilines is 3. The van der Waals surface area contributed by atoms with Crippen LogP contribution in [-0.4, -0.2) is 36.2 Å². The highest BCUT2D eigenvalue weighted by atomic mass is 16.5. The minimum atomic E-state index is 0.112. The van der Waals surface area contributed by atoms with Crippen LogP contribution in [0.2, 0.25) is 0 Å². The van der Waals surface area contributed by atoms with Crippen molar-refractivity contribution < 1.29 is 14.3 Å². The molecule has 33 heavy (non-hydrogen) atoms. The van der Waals surface area contributed by atoms with Crippen LogP contribution in [0.25, 0.3) is 0 Å². The van der Waals surface area contributed by atoms with Gasteiger partial charge >= 0.3 is 0 Å². The van der Waals surface area contributed by atoms with Gasteiger partial charge in [-0.2, -0.15) is 0 Å². The number of rotatable bonds is 5. The first-order valence-electron chi connectivity index (χ1n) is 11.4. The van der Waals surface area contributed by atoms with Crippen molar-refractivity contribution in [2.75, 3.05) is 30.5 Å². The van der Waals surface area contributed by atoms with E-state index in [1.165, 1.54) is 0 Å². The van der Waals surface area contributed by atoms with Gasteiger partial charge in [-0.3, -0.25) is 4.79 Å². The van der Waals surface area contributed by atoms with Crippen molar-refractivity contribution in [2.24, 2.45) is 5.92 Å². The van der Waals surface area contributed by atoms with Crippen LogP contribution in [0.3, 0.4) is 0 Å². The summed E-state index contributed by atoms with van der Waals surface area (Å²) in [5.74, 6) is 1.99. The van der Waals surface area contributed by atoms with Crippen molar-refractivity contribution in [3.8, 4) is 5.75 Å². The third-order valence-corrected chi connectivity index (χ3v) is 6.50. The average molecular weight is 445 g/mol. The van der Waals surface area contributed by atoms with Crippen LogP contribution in [0, 0.1) is 5.92 Å². The standard InChI is InChI=1S/C26H28N4O3/c1-32-22-9-7-21(8-10-22)30-16-19-15-27-26(28-20-5-3-2-4-6-20)29-25(19)23(11-12-24(30)31)18-13-14-33-17-18/h2-10,15,18,23H,11-14,16-17H2,1H3,(H,27,28,29)/t18-,23?/m1/s1. The highest BCUT2D eigenvalue weighted by molar-refractivity contribution is 5.93. The first-order chi connectivity index (χ1) is 16.2. The zero-order valence-electron chi connectivity index (χ0n) is 18.7. The molecule has 1 fully saturated rings. The third-order valence-electron chi connectivity index (χ3n) is 6.50. The molecule has 1 aromatic heterocycles. The molecule has 2 atom stereocenters. The van der Waals surface area contributed by atoms with Gasteiger partial charge in [0.2, 0.25) is 11.9 Å². The number of nitrogens with one attached hydrogen (secondary N) is 1. The Morgan fingerprint density at radius 3 is 2.64 bits per heavy atom. The van der Waals surface area contributed by atoms with Crippen LogP contribution in [0.15, 0.2) is 60.8 Å². The summed E-state index contributed by atoms with van der Waals surface area (Å²) in [4.78, 5) is 24.6. The predicted molar refractivity (Wildman–Crippen MR) is 127 cm³/mol. The fraction of sp³-hybridized carbons (Fsp3) is 0.346. The Kier molecular flexibility index (Phi) is 6.21. The molecule has 0 spiro atoms. The zero-order chi connectivity index (χ0) is 22.6. The Hall–Kier alpha value is -3.45. The molecule has 3 aromatic rings. The topological polar surface area (TPSA) is 76.6 Å². The Balaban J connectivity index is 1.50. The first kappa shape index (κ1) is 21.4. The van der Waals surface area contributed by atoms with Crippen molar-refractivity contribution in [3.63, 3.8) is 0 Å². The van der Waals surface area contributed by atoms with E-state index < -0.39 is 0 Å². The van der Waals surface area contributed by atoms with E-state index in [0.29, 0.717) is 31.4 Å². The van der Waals surface area contributed by atoms with Crippen molar-refractivity contribution in [3.05, 3.63) is 72.1 Å². The summed E-state index contributed by atoms with van der Waals surface area (Å²) in [6, 6.07) is 17.5. The summed E-state index contributed by atoms with van der Waals surface area (Å²) in [5, 5.41) is 3.32. The molecular formula is C26H28N4O3. The van der Waals surface area contributed by atoms with Gasteiger partial charge in [-0.25, -0.2) is 9.97 Å². The zero-order valence-corrected chi connectivity index (χ0v) is 18.7. The number of carbonyl (C=O) groups excluding carboxylic acids is 1. The summed E-state index contributed by atoms with van der Waals surface area (Å²) in [6.45, 7) is 1.92. The van der Waals surface area contributed by atoms with Gasteiger partial charge in [-0.1, -0.05) is 18.2 Å². The second-order valence-corrected chi connectivity index (χ2v) is 8.54. The van der Waals surface area contributed by atoms with Crippen molar-refractivity contribution in [1.82, 2.24) is 9.97 Å². The van der Waals surface area contributed by atoms with Gasteiger partial charge in [-0.15, -0.1) is 0 Å². The average Bonchev–Trinajstić information content (AvgIpc) is 3.38. The number of benzene rings is 2. The lowest BCUT2D eigenvalue weighted by molar-refractivity contribution is -0.119. The minimum absolute atomic E-state index is 0.112. The molecule has 0 aliphatic carbocycles. The predicted octanol–water partition coefficient (Wildman–Crippen LogP) is 4.68. The van der Waals surface area contributed by atoms with E-state index in [4.69, 9.17) is 14.5 Å². The number of ether oxygens (including phenoxy) is 2. The molecule has 3 heterocycles. The van der Waals surface area contributed by atoms with Crippen molar-refractivity contribution in [2.45, 2.75) is 31.7 Å². The monoisotopic (exact) mass is 444 g/mol. The van der Waals surface area contributed by atoms with E-state index in [9.17, 15) is 4.79 Å². The summed E-state index contributed by atoms with van der Waals surface area (Å²) in [5.41, 5.74) is 3.79. The number of para-hydroxylation sites is 1. The highest BCUT2D eigenvalue weighted by Crippen LogP contribution is 2.38. The lowest BCUT2D eigenvalue weighted by Gasteiger charge is -2.31. The fourth-order valence-electron chi connectivity index (χ4n) is 4.71. The molecule has 0 bridgehead atoms. The van der Waals surface area contributed by atoms with E-state index in [-0.39, 0.29) is 11.8 Å². The number of aromatic nitrogens is 2. The smallest absolute Gasteiger partial charge is 0.227 e. The highest BCUT2D eigenvalue weighted by Gasteiger charge is 2.34. The number of methoxy groups -OCH3 is 1. The van der Waals surface area contributed by atoms with Gasteiger partial charge in [0, 0.05) is 42.1 Å². The summed E-state index contributed by atoms with van der Waals surface area (Å²) < 4.78 is 11.0. The minimum Gasteiger partial charge on any atom is -0.497 e. The van der Waals surface area contributed by atoms with Gasteiger partial charge in [0.1, 0.15) is 5.75 Å². The molecule has 2 aromatic carbocycles. The van der Waals surface area contributed by atoms with Gasteiger partial charge in [0.15, 0.2) is 0 Å². The molecule has 2 aliphatic rings. The lowest BCUT2D eigenvalue weighted by atomic mass is 9.82. The van der Waals surface area contributed by atoms with Gasteiger partial charge in [0.25, 0.3) is 0 Å². The number of fused-ring (bicyclic) bond motifs is 1. The molecule has 0 radical (unpaired) electrons. The van der Waals surface area contributed by atoms with Gasteiger partial charge in [0.05, 0.1) is 26.0 Å². The molecule has 2 aliphatic heterocycles. The molecule has 1 amide bonds. The Morgan fingerprint density at radius 1 is 1.09 bits per heavy atom. The number of carbonyl (C=O) groups is 1. The van der Waals surface area contributed by atoms with Crippen LogP contribution in [0.5, 0.6) is 5.75 Å². The van der Waals surface area contributed by atoms with Crippen molar-refractivity contribution >= 4 is 23.2 Å². The maximum Gasteiger partial charge on any atom is 0.227 e. The Morgan fingerprint density at radius 2 is 1.91 bits per heavy atom. The molecule has 1 saturated heterocycles. The number of amides is 1. The van der Waals surface area contributed by atoms with E-state index in [1.807, 2.05) is 65.7 Å². The van der Waals surface area contributed by atoms with Crippen LogP contribution in [-0.2, 0) is 16.1 Å². The largest absolute Gasteiger partial charge is 0.497 e. The van der Waals surface area contributed by atoms with Crippen LogP contribution < -0.4 is 15.0 Å². The SMILES string of the molecule is COc1ccc(N2Cc3cnc(Nc4ccccc4)nc3C([C@@H]3CCOC3)CCC2=O)cc1. The molecular weight excluding hydrogens is 416 g/mol. The summed E-state index contributed by atoms with van der Waals surface area (Å²) in [7, 11) is 1.64. The Bertz CT molecular complexity index is 1100. The number of hydrogen-bond donors (Lipinski definition) is 1. The number of nitrogens with zero attached hydrogens (tertiary/aromatic N) is 3. The third kappa shape index (κ3) is 4.68. The maximum absolute atomic E-state index is 13.2. The summed E-state index contributed by atoms with van der Waals surface area (Å²) in [6.07, 6.45) is 4.07. The maximum atomic E-state index is 13.2. The fourth-order valence-corrected chi connectivity index (χ4v) is 4.71. The van der Waals surface area contributed by atoms with Crippen molar-refractivity contribution in [1.29, 1.82) is 0 Å². The van der Waals surface area contributed by atoms with Gasteiger partial charge < -0.3 is 19.7 Å². The quantitative estimate of drug-likeness (QED) is 0.616. The molecule has 7 heteroatoms. The molecule has 1 N–H and O–H groups in total. The van der Waals surface area contributed by atoms with E-state index in [0.717, 1.165) is 47.8 Å². The van der Waals surface area contributed by atoms with Crippen LogP contribution >= 0.6 is 0 Å². The Labute approximate surface area is 193 Å². The van der Waals surface area contributed by atoms with E-state index >= 15 is 0 Å². The first-order valence-corrected chi connectivity index (χ1v) is 11.4. The summed E-state index contributed by atoms with van der Waals surface area (Å²) >= 11 is 0. The van der Waals surface area contributed by atoms with Crippen LogP contribution in [0.4, 0.5) is 17.3 Å². The lowest BCUT2D eigenvalue weighted by Crippen LogP contribution is -2.34. The second-order valence-electron chi connectivity index (χ2n) is 8.54. The molecule has 0 saturated carbocycles. The van der Waals surface area contributed by atoms with E-state index in [2.05, 4.69) is 10.3 Å². The molecule has 5 rings (SSSR count). The van der Waals surface area contributed by atoms with Crippen LogP contribution in [0.1, 0.15) is 36.4 Å². The second kappa shape index (κ2) is 9.58. The van der Waals surface area contributed by atoms with E-state index in [1.54, 1.807) is 7.11 Å². The molecule has 1 unspecified atom stereocenters. The number of hydrogen-bond acceptors (Lipinski definition) is 6. The molecule has 7 nitrogen and oxygen atoms in total. The van der Waals surface area contributed by atoms with Gasteiger partial charge in [-0.05, 0) is 55.2 Å². The molecule has 170 valence electrons.